The highest BCUT2D eigenvalue weighted by Gasteiger charge is 2.19. The minimum Gasteiger partial charge on any atom is -0.324 e. The van der Waals surface area contributed by atoms with E-state index in [1.807, 2.05) is 69.1 Å². The molecule has 124 valence electrons. The molecule has 1 amide bonds. The molecule has 0 aliphatic rings. The summed E-state index contributed by atoms with van der Waals surface area (Å²) in [6.07, 6.45) is 0. The van der Waals surface area contributed by atoms with Gasteiger partial charge in [0.05, 0.1) is 17.7 Å². The molecule has 4 heteroatoms. The molecule has 0 saturated heterocycles. The van der Waals surface area contributed by atoms with Crippen LogP contribution in [0, 0.1) is 25.2 Å². The van der Waals surface area contributed by atoms with Crippen molar-refractivity contribution in [2.75, 3.05) is 12.4 Å². The van der Waals surface area contributed by atoms with Gasteiger partial charge in [-0.3, -0.25) is 9.69 Å². The zero-order valence-corrected chi connectivity index (χ0v) is 14.6. The third-order valence-corrected chi connectivity index (χ3v) is 4.26. The molecule has 0 heterocycles. The van der Waals surface area contributed by atoms with Crippen LogP contribution in [0.1, 0.15) is 29.2 Å². The number of rotatable bonds is 5. The maximum atomic E-state index is 12.6. The number of anilines is 1. The van der Waals surface area contributed by atoms with E-state index in [9.17, 15) is 4.79 Å². The largest absolute Gasteiger partial charge is 0.324 e. The number of aryl methyl sites for hydroxylation is 2. The summed E-state index contributed by atoms with van der Waals surface area (Å²) in [6.45, 7) is 6.47. The van der Waals surface area contributed by atoms with Crippen molar-refractivity contribution in [1.29, 1.82) is 5.26 Å². The third kappa shape index (κ3) is 4.21. The Morgan fingerprint density at radius 1 is 1.21 bits per heavy atom. The fourth-order valence-electron chi connectivity index (χ4n) is 2.60. The molecule has 4 nitrogen and oxygen atoms in total. The molecule has 0 radical (unpaired) electrons. The van der Waals surface area contributed by atoms with Crippen LogP contribution in [0.15, 0.2) is 42.5 Å². The molecule has 1 atom stereocenters. The van der Waals surface area contributed by atoms with Crippen molar-refractivity contribution in [3.05, 3.63) is 64.7 Å². The number of nitrogens with zero attached hydrogens (tertiary/aromatic N) is 2. The first-order chi connectivity index (χ1) is 11.4. The average molecular weight is 321 g/mol. The fraction of sp³-hybridized carbons (Fsp3) is 0.300. The summed E-state index contributed by atoms with van der Waals surface area (Å²) >= 11 is 0. The first kappa shape index (κ1) is 17.7. The maximum Gasteiger partial charge on any atom is 0.241 e. The molecule has 0 bridgehead atoms. The van der Waals surface area contributed by atoms with E-state index in [4.69, 9.17) is 5.26 Å². The Labute approximate surface area is 143 Å². The van der Waals surface area contributed by atoms with E-state index in [-0.39, 0.29) is 11.9 Å². The third-order valence-electron chi connectivity index (χ3n) is 4.26. The Morgan fingerprint density at radius 3 is 2.46 bits per heavy atom. The number of nitrogens with one attached hydrogen (secondary N) is 1. The van der Waals surface area contributed by atoms with Gasteiger partial charge in [-0.15, -0.1) is 0 Å². The molecule has 2 aromatic carbocycles. The van der Waals surface area contributed by atoms with Crippen LogP contribution in [0.2, 0.25) is 0 Å². The molecule has 0 saturated carbocycles. The monoisotopic (exact) mass is 321 g/mol. The lowest BCUT2D eigenvalue weighted by atomic mass is 10.1. The lowest BCUT2D eigenvalue weighted by Crippen LogP contribution is -2.39. The van der Waals surface area contributed by atoms with Gasteiger partial charge in [0.2, 0.25) is 5.91 Å². The normalized spacial score (nSPS) is 11.8. The molecule has 0 spiro atoms. The van der Waals surface area contributed by atoms with Gasteiger partial charge in [-0.2, -0.15) is 5.26 Å². The van der Waals surface area contributed by atoms with E-state index in [1.165, 1.54) is 0 Å². The van der Waals surface area contributed by atoms with Gasteiger partial charge in [0.15, 0.2) is 0 Å². The first-order valence-corrected chi connectivity index (χ1v) is 7.98. The highest BCUT2D eigenvalue weighted by molar-refractivity contribution is 5.95. The van der Waals surface area contributed by atoms with Crippen molar-refractivity contribution in [2.24, 2.45) is 0 Å². The SMILES string of the molecule is Cc1cccc(C)c1NC(=O)C(C)N(C)Cc1cccc(C#N)c1. The minimum absolute atomic E-state index is 0.0358. The lowest BCUT2D eigenvalue weighted by molar-refractivity contribution is -0.120. The van der Waals surface area contributed by atoms with Crippen LogP contribution in [0.4, 0.5) is 5.69 Å². The fourth-order valence-corrected chi connectivity index (χ4v) is 2.60. The predicted octanol–water partition coefficient (Wildman–Crippen LogP) is 3.63. The van der Waals surface area contributed by atoms with E-state index >= 15 is 0 Å². The molecule has 0 aromatic heterocycles. The highest BCUT2D eigenvalue weighted by atomic mass is 16.2. The van der Waals surface area contributed by atoms with Crippen molar-refractivity contribution in [3.63, 3.8) is 0 Å². The molecule has 0 aliphatic heterocycles. The van der Waals surface area contributed by atoms with E-state index in [0.717, 1.165) is 22.4 Å². The standard InChI is InChI=1S/C20H23N3O/c1-14-7-5-8-15(2)19(14)22-20(24)16(3)23(4)13-18-10-6-9-17(11-18)12-21/h5-11,16H,13H2,1-4H3,(H,22,24). The summed E-state index contributed by atoms with van der Waals surface area (Å²) in [5.74, 6) is -0.0358. The number of para-hydroxylation sites is 1. The Morgan fingerprint density at radius 2 is 1.83 bits per heavy atom. The smallest absolute Gasteiger partial charge is 0.241 e. The zero-order valence-electron chi connectivity index (χ0n) is 14.6. The number of hydrogen-bond donors (Lipinski definition) is 1. The van der Waals surface area contributed by atoms with Gasteiger partial charge >= 0.3 is 0 Å². The Bertz CT molecular complexity index is 756. The summed E-state index contributed by atoms with van der Waals surface area (Å²) in [5.41, 5.74) is 4.64. The summed E-state index contributed by atoms with van der Waals surface area (Å²) in [4.78, 5) is 14.5. The molecule has 1 unspecified atom stereocenters. The van der Waals surface area contributed by atoms with E-state index < -0.39 is 0 Å². The van der Waals surface area contributed by atoms with Crippen LogP contribution in [0.3, 0.4) is 0 Å². The van der Waals surface area contributed by atoms with Crippen molar-refractivity contribution in [1.82, 2.24) is 4.90 Å². The molecule has 24 heavy (non-hydrogen) atoms. The van der Waals surface area contributed by atoms with Crippen molar-refractivity contribution in [3.8, 4) is 6.07 Å². The average Bonchev–Trinajstić information content (AvgIpc) is 2.57. The van der Waals surface area contributed by atoms with Crippen LogP contribution in [0.25, 0.3) is 0 Å². The second-order valence-corrected chi connectivity index (χ2v) is 6.16. The number of likely N-dealkylation sites (N-methyl/N-ethyl adjacent to an activating group) is 1. The summed E-state index contributed by atoms with van der Waals surface area (Å²) in [5, 5.41) is 12.0. The van der Waals surface area contributed by atoms with Crippen LogP contribution < -0.4 is 5.32 Å². The number of benzene rings is 2. The van der Waals surface area contributed by atoms with Crippen molar-refractivity contribution in [2.45, 2.75) is 33.4 Å². The summed E-state index contributed by atoms with van der Waals surface area (Å²) in [7, 11) is 1.91. The molecular formula is C20H23N3O. The second kappa shape index (κ2) is 7.76. The first-order valence-electron chi connectivity index (χ1n) is 7.98. The van der Waals surface area contributed by atoms with Crippen LogP contribution in [-0.4, -0.2) is 23.9 Å². The molecule has 1 N–H and O–H groups in total. The number of nitriles is 1. The number of carbonyl (C=O) groups is 1. The summed E-state index contributed by atoms with van der Waals surface area (Å²) < 4.78 is 0. The quantitative estimate of drug-likeness (QED) is 0.915. The van der Waals surface area contributed by atoms with Gasteiger partial charge in [0.1, 0.15) is 0 Å². The number of carbonyl (C=O) groups excluding carboxylic acids is 1. The van der Waals surface area contributed by atoms with Gasteiger partial charge < -0.3 is 5.32 Å². The van der Waals surface area contributed by atoms with Gasteiger partial charge in [-0.25, -0.2) is 0 Å². The van der Waals surface area contributed by atoms with Gasteiger partial charge in [0, 0.05) is 12.2 Å². The Kier molecular flexibility index (Phi) is 5.73. The predicted molar refractivity (Wildman–Crippen MR) is 96.6 cm³/mol. The minimum atomic E-state index is -0.283. The lowest BCUT2D eigenvalue weighted by Gasteiger charge is -2.24. The van der Waals surface area contributed by atoms with Crippen LogP contribution in [-0.2, 0) is 11.3 Å². The maximum absolute atomic E-state index is 12.6. The van der Waals surface area contributed by atoms with Gasteiger partial charge in [-0.1, -0.05) is 30.3 Å². The van der Waals surface area contributed by atoms with Gasteiger partial charge in [0.25, 0.3) is 0 Å². The molecule has 2 aromatic rings. The molecule has 2 rings (SSSR count). The molecule has 0 fully saturated rings. The second-order valence-electron chi connectivity index (χ2n) is 6.16. The zero-order chi connectivity index (χ0) is 17.7. The van der Waals surface area contributed by atoms with Crippen LogP contribution >= 0.6 is 0 Å². The van der Waals surface area contributed by atoms with Gasteiger partial charge in [-0.05, 0) is 56.6 Å². The van der Waals surface area contributed by atoms with Crippen molar-refractivity contribution < 1.29 is 4.79 Å². The molecule has 0 aliphatic carbocycles. The number of amides is 1. The number of hydrogen-bond acceptors (Lipinski definition) is 3. The Hall–Kier alpha value is -2.64. The van der Waals surface area contributed by atoms with E-state index in [1.54, 1.807) is 6.07 Å². The van der Waals surface area contributed by atoms with Crippen molar-refractivity contribution >= 4 is 11.6 Å². The highest BCUT2D eigenvalue weighted by Crippen LogP contribution is 2.20. The topological polar surface area (TPSA) is 56.1 Å². The van der Waals surface area contributed by atoms with Crippen LogP contribution in [0.5, 0.6) is 0 Å². The Balaban J connectivity index is 2.05. The summed E-state index contributed by atoms with van der Waals surface area (Å²) in [6, 6.07) is 15.3. The molecular weight excluding hydrogens is 298 g/mol. The van der Waals surface area contributed by atoms with E-state index in [2.05, 4.69) is 11.4 Å². The van der Waals surface area contributed by atoms with E-state index in [0.29, 0.717) is 12.1 Å².